The first-order chi connectivity index (χ1) is 9.55. The molecule has 0 aliphatic rings. The van der Waals surface area contributed by atoms with Crippen LogP contribution in [0.5, 0.6) is 0 Å². The summed E-state index contributed by atoms with van der Waals surface area (Å²) in [5.41, 5.74) is -0.620. The minimum absolute atomic E-state index is 0.125. The van der Waals surface area contributed by atoms with Crippen LogP contribution in [0.4, 0.5) is 0 Å². The second-order valence-electron chi connectivity index (χ2n) is 5.36. The van der Waals surface area contributed by atoms with Crippen LogP contribution in [-0.4, -0.2) is 35.2 Å². The molecule has 0 aliphatic heterocycles. The van der Waals surface area contributed by atoms with Gasteiger partial charge in [-0.3, -0.25) is 4.79 Å². The van der Waals surface area contributed by atoms with E-state index in [4.69, 9.17) is 44.3 Å². The highest BCUT2D eigenvalue weighted by atomic mass is 35.6. The molecule has 0 spiro atoms. The first kappa shape index (κ1) is 21.0. The van der Waals surface area contributed by atoms with Crippen molar-refractivity contribution in [2.45, 2.75) is 49.6 Å². The van der Waals surface area contributed by atoms with Gasteiger partial charge in [0.15, 0.2) is 0 Å². The molecule has 4 nitrogen and oxygen atoms in total. The van der Waals surface area contributed by atoms with Crippen molar-refractivity contribution < 1.29 is 14.3 Å². The van der Waals surface area contributed by atoms with Crippen molar-refractivity contribution in [3.8, 4) is 0 Å². The number of carbonyl (C=O) groups excluding carboxylic acids is 1. The molecule has 0 bridgehead atoms. The summed E-state index contributed by atoms with van der Waals surface area (Å²) in [5, 5.41) is 2.73. The molecule has 0 aromatic carbocycles. The summed E-state index contributed by atoms with van der Waals surface area (Å²) >= 11 is 16.7. The van der Waals surface area contributed by atoms with Crippen LogP contribution in [0.3, 0.4) is 0 Å². The molecular formula is C14H24Cl3NO3. The molecule has 0 aliphatic carbocycles. The van der Waals surface area contributed by atoms with Crippen molar-refractivity contribution in [2.75, 3.05) is 13.9 Å². The van der Waals surface area contributed by atoms with Gasteiger partial charge in [-0.1, -0.05) is 67.7 Å². The summed E-state index contributed by atoms with van der Waals surface area (Å²) in [6, 6.07) is 0. The zero-order chi connectivity index (χ0) is 16.7. The molecule has 1 amide bonds. The minimum Gasteiger partial charge on any atom is -0.359 e. The van der Waals surface area contributed by atoms with Gasteiger partial charge >= 0.3 is 0 Å². The molecule has 7 heteroatoms. The molecule has 0 aromatic rings. The lowest BCUT2D eigenvalue weighted by Gasteiger charge is -2.29. The van der Waals surface area contributed by atoms with Crippen molar-refractivity contribution in [3.63, 3.8) is 0 Å². The van der Waals surface area contributed by atoms with Gasteiger partial charge in [-0.2, -0.15) is 0 Å². The summed E-state index contributed by atoms with van der Waals surface area (Å²) in [7, 11) is 1.57. The minimum atomic E-state index is -1.98. The molecule has 1 N–H and O–H groups in total. The van der Waals surface area contributed by atoms with Crippen LogP contribution in [0, 0.1) is 5.92 Å². The monoisotopic (exact) mass is 359 g/mol. The van der Waals surface area contributed by atoms with E-state index in [-0.39, 0.29) is 18.8 Å². The Morgan fingerprint density at radius 2 is 1.90 bits per heavy atom. The highest BCUT2D eigenvalue weighted by Crippen LogP contribution is 2.27. The van der Waals surface area contributed by atoms with E-state index in [1.54, 1.807) is 7.11 Å². The van der Waals surface area contributed by atoms with Crippen LogP contribution in [-0.2, 0) is 14.3 Å². The molecule has 0 saturated heterocycles. The fraction of sp³-hybridized carbons (Fsp3) is 0.786. The predicted octanol–water partition coefficient (Wildman–Crippen LogP) is 3.84. The molecule has 0 radical (unpaired) electrons. The van der Waals surface area contributed by atoms with Gasteiger partial charge in [-0.15, -0.1) is 0 Å². The fourth-order valence-corrected chi connectivity index (χ4v) is 1.64. The van der Waals surface area contributed by atoms with Gasteiger partial charge < -0.3 is 14.8 Å². The van der Waals surface area contributed by atoms with Crippen LogP contribution in [0.1, 0.15) is 34.1 Å². The number of hydrogen-bond donors (Lipinski definition) is 1. The van der Waals surface area contributed by atoms with Gasteiger partial charge in [-0.25, -0.2) is 0 Å². The van der Waals surface area contributed by atoms with Crippen LogP contribution >= 0.6 is 34.8 Å². The third kappa shape index (κ3) is 8.27. The van der Waals surface area contributed by atoms with Crippen molar-refractivity contribution >= 4 is 40.7 Å². The quantitative estimate of drug-likeness (QED) is 0.406. The van der Waals surface area contributed by atoms with Crippen LogP contribution in [0.2, 0.25) is 0 Å². The van der Waals surface area contributed by atoms with E-state index in [2.05, 4.69) is 5.32 Å². The normalized spacial score (nSPS) is 17.0. The number of ether oxygens (including phenoxy) is 2. The van der Waals surface area contributed by atoms with Gasteiger partial charge in [0.05, 0.1) is 11.6 Å². The lowest BCUT2D eigenvalue weighted by atomic mass is 9.95. The Bertz CT molecular complexity index is 356. The number of alkyl halides is 3. The summed E-state index contributed by atoms with van der Waals surface area (Å²) in [6.45, 7) is 8.06. The highest BCUT2D eigenvalue weighted by molar-refractivity contribution is 6.76. The van der Waals surface area contributed by atoms with Gasteiger partial charge in [0.25, 0.3) is 9.70 Å². The van der Waals surface area contributed by atoms with E-state index in [1.807, 2.05) is 39.8 Å². The zero-order valence-electron chi connectivity index (χ0n) is 13.1. The maximum absolute atomic E-state index is 11.8. The average Bonchev–Trinajstić information content (AvgIpc) is 2.37. The molecule has 0 saturated carbocycles. The van der Waals surface area contributed by atoms with Gasteiger partial charge in [0.1, 0.15) is 6.79 Å². The van der Waals surface area contributed by atoms with Gasteiger partial charge in [-0.05, 0) is 19.3 Å². The van der Waals surface area contributed by atoms with E-state index in [0.717, 1.165) is 0 Å². The van der Waals surface area contributed by atoms with Crippen LogP contribution in [0.15, 0.2) is 12.2 Å². The molecule has 0 heterocycles. The van der Waals surface area contributed by atoms with E-state index in [0.29, 0.717) is 6.42 Å². The second kappa shape index (κ2) is 9.21. The lowest BCUT2D eigenvalue weighted by molar-refractivity contribution is -0.121. The molecule has 21 heavy (non-hydrogen) atoms. The lowest BCUT2D eigenvalue weighted by Crippen LogP contribution is -2.48. The predicted molar refractivity (Wildman–Crippen MR) is 87.9 cm³/mol. The number of halogens is 3. The standard InChI is InChI=1S/C14H24Cl3NO3/c1-6-13(4,18-12(19)14(15,16)17)8-7-11(10(2)3)21-9-20-5/h7-8,10-11H,6,9H2,1-5H3,(H,18,19)/b8-7+/t11-,13+/m1/s1. The Balaban J connectivity index is 4.91. The summed E-state index contributed by atoms with van der Waals surface area (Å²) in [6.07, 6.45) is 4.28. The van der Waals surface area contributed by atoms with Crippen molar-refractivity contribution in [3.05, 3.63) is 12.2 Å². The van der Waals surface area contributed by atoms with E-state index in [9.17, 15) is 4.79 Å². The van der Waals surface area contributed by atoms with E-state index in [1.165, 1.54) is 0 Å². The van der Waals surface area contributed by atoms with Gasteiger partial charge in [0.2, 0.25) is 0 Å². The topological polar surface area (TPSA) is 47.6 Å². The molecule has 0 rings (SSSR count). The first-order valence-corrected chi connectivity index (χ1v) is 7.88. The fourth-order valence-electron chi connectivity index (χ4n) is 1.50. The molecule has 0 fully saturated rings. The number of rotatable bonds is 8. The Morgan fingerprint density at radius 1 is 1.33 bits per heavy atom. The SMILES string of the molecule is CC[C@@](C)(/C=C/[C@@H](OCOC)C(C)C)NC(=O)C(Cl)(Cl)Cl. The summed E-state index contributed by atoms with van der Waals surface area (Å²) in [5.74, 6) is -0.387. The van der Waals surface area contributed by atoms with Crippen molar-refractivity contribution in [2.24, 2.45) is 5.92 Å². The van der Waals surface area contributed by atoms with Crippen molar-refractivity contribution in [1.29, 1.82) is 0 Å². The summed E-state index contributed by atoms with van der Waals surface area (Å²) < 4.78 is 8.50. The second-order valence-corrected chi connectivity index (χ2v) is 7.65. The Kier molecular flexibility index (Phi) is 9.21. The third-order valence-corrected chi connectivity index (χ3v) is 3.60. The van der Waals surface area contributed by atoms with Crippen molar-refractivity contribution in [1.82, 2.24) is 5.32 Å². The summed E-state index contributed by atoms with van der Waals surface area (Å²) in [4.78, 5) is 11.8. The maximum atomic E-state index is 11.8. The zero-order valence-corrected chi connectivity index (χ0v) is 15.4. The maximum Gasteiger partial charge on any atom is 0.272 e. The van der Waals surface area contributed by atoms with E-state index >= 15 is 0 Å². The van der Waals surface area contributed by atoms with Crippen LogP contribution < -0.4 is 5.32 Å². The Hall–Kier alpha value is -0.000000000000000111. The molecular weight excluding hydrogens is 337 g/mol. The highest BCUT2D eigenvalue weighted by Gasteiger charge is 2.34. The third-order valence-electron chi connectivity index (χ3n) is 3.08. The molecule has 0 unspecified atom stereocenters. The van der Waals surface area contributed by atoms with E-state index < -0.39 is 15.2 Å². The average molecular weight is 361 g/mol. The Morgan fingerprint density at radius 3 is 2.29 bits per heavy atom. The molecule has 0 aromatic heterocycles. The number of amides is 1. The molecule has 124 valence electrons. The number of carbonyl (C=O) groups is 1. The first-order valence-electron chi connectivity index (χ1n) is 6.75. The van der Waals surface area contributed by atoms with Crippen LogP contribution in [0.25, 0.3) is 0 Å². The number of hydrogen-bond acceptors (Lipinski definition) is 3. The number of nitrogens with one attached hydrogen (secondary N) is 1. The smallest absolute Gasteiger partial charge is 0.272 e. The largest absolute Gasteiger partial charge is 0.359 e. The Labute approximate surface area is 142 Å². The molecule has 2 atom stereocenters. The number of methoxy groups -OCH3 is 1. The van der Waals surface area contributed by atoms with Gasteiger partial charge in [0, 0.05) is 7.11 Å².